The maximum absolute atomic E-state index is 13.9. The summed E-state index contributed by atoms with van der Waals surface area (Å²) in [5.41, 5.74) is 1.21. The number of rotatable bonds is 8. The summed E-state index contributed by atoms with van der Waals surface area (Å²) in [5.74, 6) is -0.545. The van der Waals surface area contributed by atoms with Crippen molar-refractivity contribution in [3.63, 3.8) is 0 Å². The second kappa shape index (κ2) is 10.1. The van der Waals surface area contributed by atoms with Gasteiger partial charge in [0.2, 0.25) is 15.9 Å². The third kappa shape index (κ3) is 6.92. The number of morpholine rings is 1. The zero-order valence-electron chi connectivity index (χ0n) is 18.5. The normalized spacial score (nSPS) is 20.3. The summed E-state index contributed by atoms with van der Waals surface area (Å²) in [6.45, 7) is 10.4. The van der Waals surface area contributed by atoms with E-state index in [9.17, 15) is 17.6 Å². The molecule has 0 bridgehead atoms. The largest absolute Gasteiger partial charge is 0.372 e. The van der Waals surface area contributed by atoms with E-state index in [-0.39, 0.29) is 36.9 Å². The van der Waals surface area contributed by atoms with Gasteiger partial charge in [-0.1, -0.05) is 0 Å². The van der Waals surface area contributed by atoms with Crippen molar-refractivity contribution in [2.75, 3.05) is 29.9 Å². The molecule has 0 aromatic heterocycles. The highest BCUT2D eigenvalue weighted by molar-refractivity contribution is 7.90. The maximum Gasteiger partial charge on any atom is 0.224 e. The molecular weight excluding hydrogens is 409 g/mol. The molecule has 2 N–H and O–H groups in total. The van der Waals surface area contributed by atoms with Crippen molar-refractivity contribution < 1.29 is 22.3 Å². The van der Waals surface area contributed by atoms with Crippen LogP contribution in [0.25, 0.3) is 0 Å². The lowest BCUT2D eigenvalue weighted by Gasteiger charge is -2.37. The van der Waals surface area contributed by atoms with E-state index in [0.717, 1.165) is 0 Å². The van der Waals surface area contributed by atoms with Crippen LogP contribution in [0.15, 0.2) is 18.2 Å². The topological polar surface area (TPSA) is 87.7 Å². The number of ether oxygens (including phenoxy) is 1. The molecule has 2 rings (SSSR count). The molecule has 1 saturated heterocycles. The molecule has 0 radical (unpaired) electrons. The Morgan fingerprint density at radius 2 is 1.83 bits per heavy atom. The fraction of sp³-hybridized carbons (Fsp3) is 0.667. The molecule has 0 unspecified atom stereocenters. The van der Waals surface area contributed by atoms with Crippen molar-refractivity contribution >= 4 is 27.3 Å². The van der Waals surface area contributed by atoms with Gasteiger partial charge in [0.25, 0.3) is 0 Å². The molecular formula is C21H34FN3O4S. The number of halogens is 1. The lowest BCUT2D eigenvalue weighted by Crippen LogP contribution is -2.45. The maximum atomic E-state index is 13.9. The number of nitrogens with zero attached hydrogens (tertiary/aromatic N) is 1. The first-order valence-corrected chi connectivity index (χ1v) is 11.9. The van der Waals surface area contributed by atoms with Crippen LogP contribution in [0.2, 0.25) is 0 Å². The zero-order valence-corrected chi connectivity index (χ0v) is 19.3. The Morgan fingerprint density at radius 3 is 2.43 bits per heavy atom. The second-order valence-electron chi connectivity index (χ2n) is 8.84. The Morgan fingerprint density at radius 1 is 1.20 bits per heavy atom. The third-order valence-corrected chi connectivity index (χ3v) is 7.12. The van der Waals surface area contributed by atoms with Crippen LogP contribution in [0.1, 0.15) is 53.9 Å². The van der Waals surface area contributed by atoms with Crippen LogP contribution in [0.3, 0.4) is 0 Å². The molecule has 0 spiro atoms. The van der Waals surface area contributed by atoms with Gasteiger partial charge < -0.3 is 15.0 Å². The molecule has 1 aliphatic rings. The molecule has 7 nitrogen and oxygen atoms in total. The summed E-state index contributed by atoms with van der Waals surface area (Å²) in [7, 11) is -3.38. The van der Waals surface area contributed by atoms with E-state index in [1.165, 1.54) is 12.1 Å². The molecule has 1 aliphatic heterocycles. The third-order valence-electron chi connectivity index (χ3n) is 4.92. The Hall–Kier alpha value is -1.71. The number of hydrogen-bond donors (Lipinski definition) is 2. The molecule has 0 aliphatic carbocycles. The highest BCUT2D eigenvalue weighted by Crippen LogP contribution is 2.30. The summed E-state index contributed by atoms with van der Waals surface area (Å²) < 4.78 is 45.4. The number of carbonyl (C=O) groups excluding carboxylic acids is 1. The van der Waals surface area contributed by atoms with Crippen LogP contribution in [-0.2, 0) is 19.6 Å². The number of sulfonamides is 1. The van der Waals surface area contributed by atoms with Crippen LogP contribution in [-0.4, -0.2) is 50.9 Å². The molecule has 2 atom stereocenters. The van der Waals surface area contributed by atoms with Gasteiger partial charge >= 0.3 is 0 Å². The lowest BCUT2D eigenvalue weighted by atomic mass is 10.1. The SMILES string of the molecule is C[C@@H]1CN(c2cc(F)ccc2NC(=O)CCCCNS(=O)(=O)C(C)(C)C)C[C@H](C)O1. The second-order valence-corrected chi connectivity index (χ2v) is 11.4. The van der Waals surface area contributed by atoms with E-state index in [4.69, 9.17) is 4.74 Å². The Bertz CT molecular complexity index is 829. The standard InChI is InChI=1S/C21H34FN3O4S/c1-15-13-25(14-16(2)29-15)19-12-17(22)9-10-18(19)24-20(26)8-6-7-11-23-30(27,28)21(3,4)5/h9-10,12,15-16,23H,6-8,11,13-14H2,1-5H3,(H,24,26)/t15-,16+. The van der Waals surface area contributed by atoms with Gasteiger partial charge in [0.15, 0.2) is 0 Å². The Labute approximate surface area is 179 Å². The minimum Gasteiger partial charge on any atom is -0.372 e. The van der Waals surface area contributed by atoms with Crippen LogP contribution >= 0.6 is 0 Å². The first-order valence-electron chi connectivity index (χ1n) is 10.4. The molecule has 1 aromatic rings. The van der Waals surface area contributed by atoms with Crippen LogP contribution in [0.4, 0.5) is 15.8 Å². The first-order chi connectivity index (χ1) is 13.9. The number of hydrogen-bond acceptors (Lipinski definition) is 5. The lowest BCUT2D eigenvalue weighted by molar-refractivity contribution is -0.116. The van der Waals surface area contributed by atoms with Gasteiger partial charge in [-0.05, 0) is 65.7 Å². The van der Waals surface area contributed by atoms with E-state index in [1.807, 2.05) is 18.7 Å². The van der Waals surface area contributed by atoms with Gasteiger partial charge in [0.05, 0.1) is 28.3 Å². The fourth-order valence-corrected chi connectivity index (χ4v) is 4.14. The summed E-state index contributed by atoms with van der Waals surface area (Å²) >= 11 is 0. The number of anilines is 2. The molecule has 30 heavy (non-hydrogen) atoms. The monoisotopic (exact) mass is 443 g/mol. The van der Waals surface area contributed by atoms with Crippen molar-refractivity contribution in [2.45, 2.75) is 70.8 Å². The van der Waals surface area contributed by atoms with Gasteiger partial charge in [-0.3, -0.25) is 4.79 Å². The van der Waals surface area contributed by atoms with E-state index >= 15 is 0 Å². The van der Waals surface area contributed by atoms with E-state index in [1.54, 1.807) is 26.8 Å². The molecule has 170 valence electrons. The number of unbranched alkanes of at least 4 members (excludes halogenated alkanes) is 1. The molecule has 1 amide bonds. The van der Waals surface area contributed by atoms with Gasteiger partial charge in [0.1, 0.15) is 5.82 Å². The fourth-order valence-electron chi connectivity index (χ4n) is 3.29. The number of carbonyl (C=O) groups is 1. The van der Waals surface area contributed by atoms with Gasteiger partial charge in [-0.15, -0.1) is 0 Å². The summed E-state index contributed by atoms with van der Waals surface area (Å²) in [5, 5.41) is 2.87. The van der Waals surface area contributed by atoms with Crippen LogP contribution in [0, 0.1) is 5.82 Å². The van der Waals surface area contributed by atoms with E-state index in [2.05, 4.69) is 10.0 Å². The smallest absolute Gasteiger partial charge is 0.224 e. The number of amides is 1. The van der Waals surface area contributed by atoms with E-state index < -0.39 is 14.8 Å². The Kier molecular flexibility index (Phi) is 8.24. The van der Waals surface area contributed by atoms with E-state index in [0.29, 0.717) is 37.3 Å². The zero-order chi connectivity index (χ0) is 22.5. The van der Waals surface area contributed by atoms with Crippen LogP contribution in [0.5, 0.6) is 0 Å². The molecule has 9 heteroatoms. The number of nitrogens with one attached hydrogen (secondary N) is 2. The average molecular weight is 444 g/mol. The minimum absolute atomic E-state index is 0.0115. The highest BCUT2D eigenvalue weighted by Gasteiger charge is 2.28. The molecule has 1 aromatic carbocycles. The number of benzene rings is 1. The van der Waals surface area contributed by atoms with Crippen molar-refractivity contribution in [3.8, 4) is 0 Å². The highest BCUT2D eigenvalue weighted by atomic mass is 32.2. The Balaban J connectivity index is 1.90. The summed E-state index contributed by atoms with van der Waals surface area (Å²) in [6.07, 6.45) is 1.37. The van der Waals surface area contributed by atoms with Crippen molar-refractivity contribution in [1.29, 1.82) is 0 Å². The molecule has 1 fully saturated rings. The molecule has 0 saturated carbocycles. The minimum atomic E-state index is -3.38. The predicted octanol–water partition coefficient (Wildman–Crippen LogP) is 3.27. The van der Waals surface area contributed by atoms with Gasteiger partial charge in [-0.2, -0.15) is 0 Å². The van der Waals surface area contributed by atoms with Crippen molar-refractivity contribution in [3.05, 3.63) is 24.0 Å². The predicted molar refractivity (Wildman–Crippen MR) is 118 cm³/mol. The summed E-state index contributed by atoms with van der Waals surface area (Å²) in [4.78, 5) is 14.4. The average Bonchev–Trinajstić information content (AvgIpc) is 2.61. The van der Waals surface area contributed by atoms with Gasteiger partial charge in [0, 0.05) is 26.1 Å². The van der Waals surface area contributed by atoms with Crippen molar-refractivity contribution in [1.82, 2.24) is 4.72 Å². The van der Waals surface area contributed by atoms with Crippen LogP contribution < -0.4 is 14.9 Å². The van der Waals surface area contributed by atoms with Crippen molar-refractivity contribution in [2.24, 2.45) is 0 Å². The summed E-state index contributed by atoms with van der Waals surface area (Å²) in [6, 6.07) is 4.33. The first kappa shape index (κ1) is 24.6. The quantitative estimate of drug-likeness (QED) is 0.602. The van der Waals surface area contributed by atoms with Gasteiger partial charge in [-0.25, -0.2) is 17.5 Å². The molecule has 1 heterocycles.